The predicted octanol–water partition coefficient (Wildman–Crippen LogP) is 6.24. The minimum atomic E-state index is -0.433. The summed E-state index contributed by atoms with van der Waals surface area (Å²) in [5, 5.41) is 7.47. The molecule has 7 nitrogen and oxygen atoms in total. The zero-order valence-corrected chi connectivity index (χ0v) is 21.1. The highest BCUT2D eigenvalue weighted by Gasteiger charge is 2.36. The van der Waals surface area contributed by atoms with Crippen LogP contribution in [0.1, 0.15) is 47.5 Å². The van der Waals surface area contributed by atoms with E-state index in [1.54, 1.807) is 12.0 Å². The second-order valence-corrected chi connectivity index (χ2v) is 9.59. The van der Waals surface area contributed by atoms with Crippen LogP contribution in [0.3, 0.4) is 0 Å². The van der Waals surface area contributed by atoms with E-state index >= 15 is 0 Å². The number of nitrogens with one attached hydrogen (secondary N) is 1. The summed E-state index contributed by atoms with van der Waals surface area (Å²) in [6, 6.07) is 21.3. The first-order chi connectivity index (χ1) is 18.0. The molecule has 2 amide bonds. The Kier molecular flexibility index (Phi) is 5.75. The van der Waals surface area contributed by atoms with E-state index in [0.717, 1.165) is 52.9 Å². The molecule has 6 rings (SSSR count). The number of allylic oxidation sites excluding steroid dienone is 1. The van der Waals surface area contributed by atoms with Gasteiger partial charge in [0.1, 0.15) is 5.75 Å². The van der Waals surface area contributed by atoms with Gasteiger partial charge in [-0.25, -0.2) is 4.79 Å². The molecule has 3 aromatic carbocycles. The number of benzene rings is 3. The van der Waals surface area contributed by atoms with E-state index in [1.165, 1.54) is 11.1 Å². The third kappa shape index (κ3) is 4.16. The second kappa shape index (κ2) is 9.24. The Balaban J connectivity index is 1.48. The van der Waals surface area contributed by atoms with Gasteiger partial charge < -0.3 is 14.6 Å². The van der Waals surface area contributed by atoms with Crippen molar-refractivity contribution in [3.05, 3.63) is 101 Å². The number of rotatable bonds is 5. The first kappa shape index (κ1) is 23.0. The van der Waals surface area contributed by atoms with E-state index in [1.807, 2.05) is 68.4 Å². The van der Waals surface area contributed by atoms with Crippen molar-refractivity contribution in [2.75, 3.05) is 12.0 Å². The molecule has 1 aliphatic carbocycles. The fraction of sp³-hybridized carbons (Fsp3) is 0.233. The first-order valence-electron chi connectivity index (χ1n) is 12.5. The Bertz CT molecular complexity index is 1520. The second-order valence-electron chi connectivity index (χ2n) is 9.59. The highest BCUT2D eigenvalue weighted by Crippen LogP contribution is 2.40. The van der Waals surface area contributed by atoms with Crippen molar-refractivity contribution in [3.8, 4) is 17.1 Å². The Hall–Kier alpha value is -4.39. The largest absolute Gasteiger partial charge is 0.497 e. The molecular weight excluding hydrogens is 464 g/mol. The van der Waals surface area contributed by atoms with E-state index in [9.17, 15) is 4.79 Å². The quantitative estimate of drug-likeness (QED) is 0.356. The monoisotopic (exact) mass is 492 g/mol. The van der Waals surface area contributed by atoms with Gasteiger partial charge in [-0.1, -0.05) is 53.2 Å². The summed E-state index contributed by atoms with van der Waals surface area (Å²) in [7, 11) is 1.62. The van der Waals surface area contributed by atoms with Gasteiger partial charge in [0, 0.05) is 11.3 Å². The number of aromatic nitrogens is 2. The number of aryl methyl sites for hydroxylation is 3. The van der Waals surface area contributed by atoms with Crippen LogP contribution in [-0.2, 0) is 12.8 Å². The van der Waals surface area contributed by atoms with Crippen LogP contribution in [0.5, 0.6) is 5.75 Å². The van der Waals surface area contributed by atoms with Crippen molar-refractivity contribution in [2.45, 2.75) is 39.2 Å². The summed E-state index contributed by atoms with van der Waals surface area (Å²) in [6.07, 6.45) is 3.27. The van der Waals surface area contributed by atoms with Gasteiger partial charge in [-0.3, -0.25) is 4.90 Å². The normalized spacial score (nSPS) is 17.1. The molecule has 0 bridgehead atoms. The summed E-state index contributed by atoms with van der Waals surface area (Å²) in [5.41, 5.74) is 7.91. The molecule has 1 aliphatic heterocycles. The molecule has 186 valence electrons. The summed E-state index contributed by atoms with van der Waals surface area (Å²) in [4.78, 5) is 20.0. The number of anilines is 1. The Morgan fingerprint density at radius 1 is 1.00 bits per heavy atom. The molecular formula is C30H28N4O3. The molecule has 0 spiro atoms. The molecule has 1 unspecified atom stereocenters. The summed E-state index contributed by atoms with van der Waals surface area (Å²) < 4.78 is 11.2. The van der Waals surface area contributed by atoms with E-state index < -0.39 is 6.04 Å². The van der Waals surface area contributed by atoms with Crippen molar-refractivity contribution >= 4 is 17.3 Å². The lowest BCUT2D eigenvalue weighted by molar-refractivity contribution is 0.244. The standard InChI is InChI=1S/C30H28N4O3/c1-18-10-12-21(13-11-18)27-26(29-32-28(33-37-29)23-8-5-9-25(17-23)36-3)19(2)34(30(35)31-27)24-15-14-20-6-4-7-22(20)16-24/h5,8-17,27H,4,6-7H2,1-3H3,(H,31,35). The van der Waals surface area contributed by atoms with Crippen molar-refractivity contribution in [1.82, 2.24) is 15.5 Å². The lowest BCUT2D eigenvalue weighted by atomic mass is 9.93. The Morgan fingerprint density at radius 2 is 1.81 bits per heavy atom. The molecule has 1 aromatic heterocycles. The molecule has 1 N–H and O–H groups in total. The van der Waals surface area contributed by atoms with Crippen LogP contribution in [-0.4, -0.2) is 23.3 Å². The molecule has 0 fully saturated rings. The van der Waals surface area contributed by atoms with Gasteiger partial charge >= 0.3 is 6.03 Å². The van der Waals surface area contributed by atoms with Crippen molar-refractivity contribution in [3.63, 3.8) is 0 Å². The number of carbonyl (C=O) groups excluding carboxylic acids is 1. The fourth-order valence-corrected chi connectivity index (χ4v) is 5.25. The van der Waals surface area contributed by atoms with Gasteiger partial charge in [-0.05, 0) is 74.1 Å². The number of urea groups is 1. The molecule has 2 heterocycles. The van der Waals surface area contributed by atoms with Crippen LogP contribution in [0.2, 0.25) is 0 Å². The lowest BCUT2D eigenvalue weighted by Crippen LogP contribution is -2.46. The van der Waals surface area contributed by atoms with Gasteiger partial charge in [0.2, 0.25) is 5.82 Å². The molecule has 0 radical (unpaired) electrons. The minimum absolute atomic E-state index is 0.183. The Labute approximate surface area is 215 Å². The zero-order valence-electron chi connectivity index (χ0n) is 21.1. The fourth-order valence-electron chi connectivity index (χ4n) is 5.25. The SMILES string of the molecule is COc1cccc(-c2noc(C3=C(C)N(c4ccc5c(c4)CCC5)C(=O)NC3c3ccc(C)cc3)n2)c1. The maximum absolute atomic E-state index is 13.5. The predicted molar refractivity (Wildman–Crippen MR) is 142 cm³/mol. The number of carbonyl (C=O) groups is 1. The van der Waals surface area contributed by atoms with E-state index in [-0.39, 0.29) is 6.03 Å². The molecule has 37 heavy (non-hydrogen) atoms. The van der Waals surface area contributed by atoms with E-state index in [2.05, 4.69) is 22.6 Å². The zero-order chi connectivity index (χ0) is 25.5. The third-order valence-corrected chi connectivity index (χ3v) is 7.22. The number of amides is 2. The van der Waals surface area contributed by atoms with Crippen molar-refractivity contribution in [1.29, 1.82) is 0 Å². The van der Waals surface area contributed by atoms with Crippen LogP contribution in [0.4, 0.5) is 10.5 Å². The number of nitrogens with zero attached hydrogens (tertiary/aromatic N) is 3. The Morgan fingerprint density at radius 3 is 2.62 bits per heavy atom. The van der Waals surface area contributed by atoms with Gasteiger partial charge in [0.15, 0.2) is 0 Å². The first-order valence-corrected chi connectivity index (χ1v) is 12.5. The van der Waals surface area contributed by atoms with Gasteiger partial charge in [-0.15, -0.1) is 0 Å². The van der Waals surface area contributed by atoms with Crippen molar-refractivity contribution in [2.24, 2.45) is 0 Å². The number of methoxy groups -OCH3 is 1. The van der Waals surface area contributed by atoms with Crippen LogP contribution >= 0.6 is 0 Å². The molecule has 4 aromatic rings. The number of fused-ring (bicyclic) bond motifs is 1. The third-order valence-electron chi connectivity index (χ3n) is 7.22. The van der Waals surface area contributed by atoms with Crippen molar-refractivity contribution < 1.29 is 14.1 Å². The number of hydrogen-bond donors (Lipinski definition) is 1. The topological polar surface area (TPSA) is 80.5 Å². The molecule has 0 saturated carbocycles. The highest BCUT2D eigenvalue weighted by molar-refractivity contribution is 6.01. The van der Waals surface area contributed by atoms with Gasteiger partial charge in [-0.2, -0.15) is 4.98 Å². The van der Waals surface area contributed by atoms with Crippen LogP contribution in [0, 0.1) is 6.92 Å². The van der Waals surface area contributed by atoms with Crippen LogP contribution in [0.15, 0.2) is 77.0 Å². The molecule has 2 aliphatic rings. The van der Waals surface area contributed by atoms with Gasteiger partial charge in [0.05, 0.1) is 24.4 Å². The lowest BCUT2D eigenvalue weighted by Gasteiger charge is -2.35. The minimum Gasteiger partial charge on any atom is -0.497 e. The molecule has 7 heteroatoms. The van der Waals surface area contributed by atoms with Crippen LogP contribution in [0.25, 0.3) is 17.0 Å². The van der Waals surface area contributed by atoms with Crippen LogP contribution < -0.4 is 15.0 Å². The van der Waals surface area contributed by atoms with E-state index in [4.69, 9.17) is 14.2 Å². The molecule has 0 saturated heterocycles. The summed E-state index contributed by atoms with van der Waals surface area (Å²) in [6.45, 7) is 3.98. The number of hydrogen-bond acceptors (Lipinski definition) is 5. The van der Waals surface area contributed by atoms with E-state index in [0.29, 0.717) is 17.5 Å². The highest BCUT2D eigenvalue weighted by atomic mass is 16.5. The summed E-state index contributed by atoms with van der Waals surface area (Å²) >= 11 is 0. The molecule has 1 atom stereocenters. The maximum atomic E-state index is 13.5. The maximum Gasteiger partial charge on any atom is 0.326 e. The number of ether oxygens (including phenoxy) is 1. The summed E-state index contributed by atoms with van der Waals surface area (Å²) in [5.74, 6) is 1.54. The smallest absolute Gasteiger partial charge is 0.326 e. The van der Waals surface area contributed by atoms with Gasteiger partial charge in [0.25, 0.3) is 5.89 Å². The average Bonchev–Trinajstić information content (AvgIpc) is 3.59. The average molecular weight is 493 g/mol.